The highest BCUT2D eigenvalue weighted by Gasteiger charge is 2.24. The number of phenols is 1. The maximum Gasteiger partial charge on any atom is 0.115 e. The Labute approximate surface area is 132 Å². The number of rotatable bonds is 6. The molecule has 3 heteroatoms. The van der Waals surface area contributed by atoms with Gasteiger partial charge in [-0.25, -0.2) is 0 Å². The van der Waals surface area contributed by atoms with E-state index in [4.69, 9.17) is 5.73 Å². The van der Waals surface area contributed by atoms with Crippen molar-refractivity contribution in [2.75, 3.05) is 5.32 Å². The minimum absolute atomic E-state index is 0.277. The zero-order chi connectivity index (χ0) is 15.5. The van der Waals surface area contributed by atoms with Gasteiger partial charge in [-0.05, 0) is 67.0 Å². The summed E-state index contributed by atoms with van der Waals surface area (Å²) in [6, 6.07) is 14.4. The van der Waals surface area contributed by atoms with Crippen molar-refractivity contribution in [1.29, 1.82) is 0 Å². The first-order chi connectivity index (χ1) is 10.7. The highest BCUT2D eigenvalue weighted by atomic mass is 16.3. The van der Waals surface area contributed by atoms with Crippen molar-refractivity contribution in [1.82, 2.24) is 0 Å². The molecule has 22 heavy (non-hydrogen) atoms. The molecular weight excluding hydrogens is 272 g/mol. The van der Waals surface area contributed by atoms with E-state index >= 15 is 0 Å². The number of anilines is 1. The van der Waals surface area contributed by atoms with Crippen LogP contribution in [0.2, 0.25) is 0 Å². The van der Waals surface area contributed by atoms with Crippen LogP contribution in [0.25, 0.3) is 0 Å². The fraction of sp³-hybridized carbons (Fsp3) is 0.368. The molecule has 2 aromatic rings. The Kier molecular flexibility index (Phi) is 4.34. The van der Waals surface area contributed by atoms with E-state index in [-0.39, 0.29) is 6.04 Å². The van der Waals surface area contributed by atoms with E-state index in [1.807, 2.05) is 18.2 Å². The predicted molar refractivity (Wildman–Crippen MR) is 91.2 cm³/mol. The second-order valence-electron chi connectivity index (χ2n) is 6.31. The van der Waals surface area contributed by atoms with Gasteiger partial charge in [-0.3, -0.25) is 0 Å². The first-order valence-electron chi connectivity index (χ1n) is 8.03. The number of hydrogen-bond acceptors (Lipinski definition) is 3. The monoisotopic (exact) mass is 296 g/mol. The smallest absolute Gasteiger partial charge is 0.115 e. The Bertz CT molecular complexity index is 650. The quantitative estimate of drug-likeness (QED) is 0.760. The molecular formula is C19H24N2O. The third-order valence-electron chi connectivity index (χ3n) is 4.25. The average molecular weight is 296 g/mol. The van der Waals surface area contributed by atoms with Crippen LogP contribution in [0.1, 0.15) is 42.4 Å². The summed E-state index contributed by atoms with van der Waals surface area (Å²) in [5, 5.41) is 13.1. The van der Waals surface area contributed by atoms with Crippen molar-refractivity contribution in [3.8, 4) is 5.75 Å². The van der Waals surface area contributed by atoms with Crippen LogP contribution in [0.15, 0.2) is 42.5 Å². The summed E-state index contributed by atoms with van der Waals surface area (Å²) < 4.78 is 0. The highest BCUT2D eigenvalue weighted by molar-refractivity contribution is 5.54. The van der Waals surface area contributed by atoms with E-state index in [0.29, 0.717) is 12.3 Å². The molecule has 0 heterocycles. The third-order valence-corrected chi connectivity index (χ3v) is 4.25. The van der Waals surface area contributed by atoms with Crippen LogP contribution < -0.4 is 11.1 Å². The highest BCUT2D eigenvalue weighted by Crippen LogP contribution is 2.41. The normalized spacial score (nSPS) is 15.5. The van der Waals surface area contributed by atoms with Crippen LogP contribution >= 0.6 is 0 Å². The summed E-state index contributed by atoms with van der Waals surface area (Å²) in [5.41, 5.74) is 10.8. The van der Waals surface area contributed by atoms with Gasteiger partial charge in [-0.2, -0.15) is 0 Å². The summed E-state index contributed by atoms with van der Waals surface area (Å²) in [6.45, 7) is 2.71. The fourth-order valence-corrected chi connectivity index (χ4v) is 2.95. The van der Waals surface area contributed by atoms with Crippen molar-refractivity contribution < 1.29 is 5.11 Å². The lowest BCUT2D eigenvalue weighted by Gasteiger charge is -2.19. The van der Waals surface area contributed by atoms with E-state index in [2.05, 4.69) is 30.4 Å². The molecule has 3 rings (SSSR count). The minimum Gasteiger partial charge on any atom is -0.508 e. The second-order valence-corrected chi connectivity index (χ2v) is 6.31. The molecule has 116 valence electrons. The number of aromatic hydroxyl groups is 1. The van der Waals surface area contributed by atoms with Crippen LogP contribution in [0.5, 0.6) is 5.75 Å². The van der Waals surface area contributed by atoms with E-state index in [9.17, 15) is 5.11 Å². The SMILES string of the molecule is C[C@H](Cc1cccc(O)c1)Nc1ccc(C2CC2)cc1CN. The number of phenolic OH excluding ortho intramolecular Hbond substituents is 1. The minimum atomic E-state index is 0.277. The zero-order valence-electron chi connectivity index (χ0n) is 13.0. The summed E-state index contributed by atoms with van der Waals surface area (Å²) in [7, 11) is 0. The zero-order valence-corrected chi connectivity index (χ0v) is 13.0. The summed E-state index contributed by atoms with van der Waals surface area (Å²) in [4.78, 5) is 0. The summed E-state index contributed by atoms with van der Waals surface area (Å²) >= 11 is 0. The van der Waals surface area contributed by atoms with Gasteiger partial charge in [0, 0.05) is 18.3 Å². The molecule has 1 saturated carbocycles. The van der Waals surface area contributed by atoms with E-state index in [0.717, 1.165) is 23.6 Å². The Morgan fingerprint density at radius 2 is 2.05 bits per heavy atom. The molecule has 1 fully saturated rings. The van der Waals surface area contributed by atoms with Crippen molar-refractivity contribution in [2.24, 2.45) is 5.73 Å². The molecule has 0 aromatic heterocycles. The molecule has 2 aromatic carbocycles. The number of hydrogen-bond donors (Lipinski definition) is 3. The van der Waals surface area contributed by atoms with Gasteiger partial charge in [-0.1, -0.05) is 24.3 Å². The van der Waals surface area contributed by atoms with Gasteiger partial charge < -0.3 is 16.2 Å². The van der Waals surface area contributed by atoms with Crippen LogP contribution in [-0.4, -0.2) is 11.1 Å². The molecule has 1 aliphatic rings. The Balaban J connectivity index is 1.69. The predicted octanol–water partition coefficient (Wildman–Crippen LogP) is 3.77. The molecule has 3 nitrogen and oxygen atoms in total. The second kappa shape index (κ2) is 6.41. The fourth-order valence-electron chi connectivity index (χ4n) is 2.95. The van der Waals surface area contributed by atoms with E-state index < -0.39 is 0 Å². The van der Waals surface area contributed by atoms with E-state index in [1.165, 1.54) is 24.0 Å². The molecule has 0 amide bonds. The van der Waals surface area contributed by atoms with Crippen LogP contribution in [0.4, 0.5) is 5.69 Å². The van der Waals surface area contributed by atoms with Crippen molar-refractivity contribution >= 4 is 5.69 Å². The lowest BCUT2D eigenvalue weighted by Crippen LogP contribution is -2.19. The lowest BCUT2D eigenvalue weighted by atomic mass is 10.0. The first kappa shape index (κ1) is 14.9. The summed E-state index contributed by atoms with van der Waals surface area (Å²) in [5.74, 6) is 1.07. The first-order valence-corrected chi connectivity index (χ1v) is 8.03. The maximum absolute atomic E-state index is 9.55. The van der Waals surface area contributed by atoms with Gasteiger partial charge in [0.05, 0.1) is 0 Å². The maximum atomic E-state index is 9.55. The lowest BCUT2D eigenvalue weighted by molar-refractivity contribution is 0.474. The summed E-state index contributed by atoms with van der Waals surface area (Å²) in [6.07, 6.45) is 3.48. The molecule has 1 atom stereocenters. The Morgan fingerprint density at radius 1 is 1.23 bits per heavy atom. The molecule has 0 bridgehead atoms. The van der Waals surface area contributed by atoms with Crippen molar-refractivity contribution in [3.63, 3.8) is 0 Å². The van der Waals surface area contributed by atoms with Crippen molar-refractivity contribution in [3.05, 3.63) is 59.2 Å². The largest absolute Gasteiger partial charge is 0.508 e. The Hall–Kier alpha value is -2.00. The third kappa shape index (κ3) is 3.60. The molecule has 0 aliphatic heterocycles. The van der Waals surface area contributed by atoms with Crippen LogP contribution in [0.3, 0.4) is 0 Å². The number of nitrogens with two attached hydrogens (primary N) is 1. The molecule has 0 radical (unpaired) electrons. The van der Waals surface area contributed by atoms with Gasteiger partial charge >= 0.3 is 0 Å². The van der Waals surface area contributed by atoms with Gasteiger partial charge in [0.25, 0.3) is 0 Å². The van der Waals surface area contributed by atoms with Gasteiger partial charge in [0.15, 0.2) is 0 Å². The van der Waals surface area contributed by atoms with Crippen LogP contribution in [-0.2, 0) is 13.0 Å². The average Bonchev–Trinajstić information content (AvgIpc) is 3.32. The number of benzene rings is 2. The van der Waals surface area contributed by atoms with Crippen molar-refractivity contribution in [2.45, 2.75) is 44.7 Å². The topological polar surface area (TPSA) is 58.3 Å². The molecule has 0 unspecified atom stereocenters. The standard InChI is InChI=1S/C19H24N2O/c1-13(9-14-3-2-4-18(22)10-14)21-19-8-7-16(15-5-6-15)11-17(19)12-20/h2-4,7-8,10-11,13,15,21-22H,5-6,9,12,20H2,1H3/t13-/m1/s1. The molecule has 1 aliphatic carbocycles. The van der Waals surface area contributed by atoms with E-state index in [1.54, 1.807) is 6.07 Å². The van der Waals surface area contributed by atoms with Gasteiger partial charge in [0.2, 0.25) is 0 Å². The van der Waals surface area contributed by atoms with Gasteiger partial charge in [0.1, 0.15) is 5.75 Å². The van der Waals surface area contributed by atoms with Gasteiger partial charge in [-0.15, -0.1) is 0 Å². The van der Waals surface area contributed by atoms with Crippen LogP contribution in [0, 0.1) is 0 Å². The molecule has 0 spiro atoms. The Morgan fingerprint density at radius 3 is 2.73 bits per heavy atom. The molecule has 0 saturated heterocycles. The molecule has 4 N–H and O–H groups in total. The number of nitrogens with one attached hydrogen (secondary N) is 1.